The highest BCUT2D eigenvalue weighted by Crippen LogP contribution is 2.28. The van der Waals surface area contributed by atoms with Crippen LogP contribution in [0, 0.1) is 11.3 Å². The van der Waals surface area contributed by atoms with Crippen molar-refractivity contribution < 1.29 is 4.74 Å². The van der Waals surface area contributed by atoms with Crippen molar-refractivity contribution in [3.63, 3.8) is 0 Å². The van der Waals surface area contributed by atoms with Crippen LogP contribution in [-0.4, -0.2) is 48.3 Å². The molecule has 1 aliphatic rings. The Morgan fingerprint density at radius 2 is 1.76 bits per heavy atom. The number of hydrogen-bond acceptors (Lipinski definition) is 4. The predicted octanol–water partition coefficient (Wildman–Crippen LogP) is 1.38. The Kier molecular flexibility index (Phi) is 3.87. The van der Waals surface area contributed by atoms with Crippen molar-refractivity contribution in [2.75, 3.05) is 26.7 Å². The lowest BCUT2D eigenvalue weighted by Gasteiger charge is -2.48. The highest BCUT2D eigenvalue weighted by molar-refractivity contribution is 5.06. The molecule has 17 heavy (non-hydrogen) atoms. The molecule has 1 unspecified atom stereocenters. The van der Waals surface area contributed by atoms with Crippen LogP contribution in [0.25, 0.3) is 0 Å². The Bertz CT molecular complexity index is 303. The van der Waals surface area contributed by atoms with Crippen molar-refractivity contribution in [2.24, 2.45) is 0 Å². The summed E-state index contributed by atoms with van der Waals surface area (Å²) < 4.78 is 6.03. The number of nitrogens with zero attached hydrogens (tertiary/aromatic N) is 2. The highest BCUT2D eigenvalue weighted by Gasteiger charge is 2.40. The number of nitriles is 1. The first-order valence-electron chi connectivity index (χ1n) is 6.14. The summed E-state index contributed by atoms with van der Waals surface area (Å²) >= 11 is 0. The molecule has 4 heteroatoms. The van der Waals surface area contributed by atoms with Gasteiger partial charge in [-0.25, -0.2) is 0 Å². The Labute approximate surface area is 105 Å². The van der Waals surface area contributed by atoms with Crippen LogP contribution in [0.1, 0.15) is 34.6 Å². The molecule has 1 saturated heterocycles. The average molecular weight is 239 g/mol. The maximum atomic E-state index is 9.21. The number of rotatable bonds is 3. The van der Waals surface area contributed by atoms with Crippen LogP contribution in [0.15, 0.2) is 0 Å². The van der Waals surface area contributed by atoms with Crippen molar-refractivity contribution >= 4 is 0 Å². The zero-order chi connectivity index (χ0) is 13.3. The maximum absolute atomic E-state index is 9.21. The first-order valence-corrected chi connectivity index (χ1v) is 6.14. The summed E-state index contributed by atoms with van der Waals surface area (Å²) in [4.78, 5) is 2.31. The van der Waals surface area contributed by atoms with Crippen LogP contribution >= 0.6 is 0 Å². The van der Waals surface area contributed by atoms with Crippen LogP contribution in [-0.2, 0) is 4.74 Å². The van der Waals surface area contributed by atoms with Crippen molar-refractivity contribution in [2.45, 2.75) is 51.4 Å². The summed E-state index contributed by atoms with van der Waals surface area (Å²) in [5, 5.41) is 12.3. The molecular formula is C13H25N3O. The van der Waals surface area contributed by atoms with E-state index in [9.17, 15) is 5.26 Å². The van der Waals surface area contributed by atoms with Gasteiger partial charge in [0.25, 0.3) is 0 Å². The summed E-state index contributed by atoms with van der Waals surface area (Å²) in [6, 6.07) is 2.34. The van der Waals surface area contributed by atoms with Crippen LogP contribution in [0.2, 0.25) is 0 Å². The van der Waals surface area contributed by atoms with E-state index in [2.05, 4.69) is 44.0 Å². The normalized spacial score (nSPS) is 27.1. The molecule has 0 radical (unpaired) electrons. The molecule has 98 valence electrons. The van der Waals surface area contributed by atoms with Crippen molar-refractivity contribution in [1.82, 2.24) is 10.2 Å². The zero-order valence-corrected chi connectivity index (χ0v) is 11.9. The van der Waals surface area contributed by atoms with E-state index in [-0.39, 0.29) is 11.2 Å². The van der Waals surface area contributed by atoms with E-state index < -0.39 is 5.54 Å². The minimum atomic E-state index is -0.497. The Hall–Kier alpha value is -0.630. The molecule has 0 bridgehead atoms. The molecule has 1 atom stereocenters. The fourth-order valence-corrected chi connectivity index (χ4v) is 2.67. The second-order valence-electron chi connectivity index (χ2n) is 6.46. The minimum Gasteiger partial charge on any atom is -0.367 e. The van der Waals surface area contributed by atoms with E-state index in [1.807, 2.05) is 14.0 Å². The van der Waals surface area contributed by atoms with Gasteiger partial charge in [0.1, 0.15) is 5.54 Å². The fourth-order valence-electron chi connectivity index (χ4n) is 2.67. The van der Waals surface area contributed by atoms with Gasteiger partial charge in [-0.2, -0.15) is 5.26 Å². The van der Waals surface area contributed by atoms with Crippen molar-refractivity contribution in [3.8, 4) is 6.07 Å². The monoisotopic (exact) mass is 239 g/mol. The highest BCUT2D eigenvalue weighted by atomic mass is 16.5. The van der Waals surface area contributed by atoms with Gasteiger partial charge in [-0.05, 0) is 41.7 Å². The Balaban J connectivity index is 2.76. The summed E-state index contributed by atoms with van der Waals surface area (Å²) in [6.07, 6.45) is 0. The van der Waals surface area contributed by atoms with Crippen molar-refractivity contribution in [1.29, 1.82) is 5.26 Å². The third-order valence-corrected chi connectivity index (χ3v) is 3.10. The number of hydrogen-bond donors (Lipinski definition) is 1. The number of ether oxygens (including phenoxy) is 1. The first-order chi connectivity index (χ1) is 7.61. The fraction of sp³-hybridized carbons (Fsp3) is 0.923. The molecule has 0 amide bonds. The number of likely N-dealkylation sites (N-methyl/N-ethyl adjacent to an activating group) is 1. The van der Waals surface area contributed by atoms with Gasteiger partial charge in [0.2, 0.25) is 0 Å². The van der Waals surface area contributed by atoms with Gasteiger partial charge in [-0.15, -0.1) is 0 Å². The number of nitrogens with one attached hydrogen (secondary N) is 1. The molecular weight excluding hydrogens is 214 g/mol. The molecule has 1 heterocycles. The maximum Gasteiger partial charge on any atom is 0.116 e. The predicted molar refractivity (Wildman–Crippen MR) is 68.8 cm³/mol. The van der Waals surface area contributed by atoms with E-state index in [0.29, 0.717) is 0 Å². The smallest absolute Gasteiger partial charge is 0.116 e. The molecule has 1 N–H and O–H groups in total. The average Bonchev–Trinajstić information content (AvgIpc) is 2.12. The molecule has 1 fully saturated rings. The second-order valence-corrected chi connectivity index (χ2v) is 6.46. The van der Waals surface area contributed by atoms with Gasteiger partial charge in [-0.3, -0.25) is 4.90 Å². The lowest BCUT2D eigenvalue weighted by molar-refractivity contribution is -0.182. The molecule has 0 aliphatic carbocycles. The summed E-state index contributed by atoms with van der Waals surface area (Å²) in [5.41, 5.74) is -0.818. The third kappa shape index (κ3) is 3.95. The first kappa shape index (κ1) is 14.4. The molecule has 0 spiro atoms. The largest absolute Gasteiger partial charge is 0.367 e. The third-order valence-electron chi connectivity index (χ3n) is 3.10. The topological polar surface area (TPSA) is 48.3 Å². The summed E-state index contributed by atoms with van der Waals surface area (Å²) in [5.74, 6) is 0. The van der Waals surface area contributed by atoms with E-state index in [4.69, 9.17) is 4.74 Å². The van der Waals surface area contributed by atoms with Gasteiger partial charge in [0.05, 0.1) is 17.3 Å². The van der Waals surface area contributed by atoms with Gasteiger partial charge >= 0.3 is 0 Å². The van der Waals surface area contributed by atoms with Gasteiger partial charge in [0, 0.05) is 19.6 Å². The van der Waals surface area contributed by atoms with Crippen LogP contribution in [0.5, 0.6) is 0 Å². The molecule has 0 saturated carbocycles. The zero-order valence-electron chi connectivity index (χ0n) is 11.9. The molecule has 4 nitrogen and oxygen atoms in total. The van der Waals surface area contributed by atoms with Gasteiger partial charge in [-0.1, -0.05) is 0 Å². The van der Waals surface area contributed by atoms with Crippen LogP contribution < -0.4 is 5.32 Å². The van der Waals surface area contributed by atoms with E-state index in [1.165, 1.54) is 0 Å². The van der Waals surface area contributed by atoms with Crippen LogP contribution in [0.4, 0.5) is 0 Å². The molecule has 1 aliphatic heterocycles. The van der Waals surface area contributed by atoms with E-state index in [0.717, 1.165) is 19.6 Å². The minimum absolute atomic E-state index is 0.161. The second kappa shape index (κ2) is 4.56. The van der Waals surface area contributed by atoms with Gasteiger partial charge in [0.15, 0.2) is 0 Å². The van der Waals surface area contributed by atoms with Gasteiger partial charge < -0.3 is 10.1 Å². The summed E-state index contributed by atoms with van der Waals surface area (Å²) in [6.45, 7) is 12.8. The Morgan fingerprint density at radius 1 is 1.29 bits per heavy atom. The van der Waals surface area contributed by atoms with Crippen molar-refractivity contribution in [3.05, 3.63) is 0 Å². The summed E-state index contributed by atoms with van der Waals surface area (Å²) in [7, 11) is 1.83. The lowest BCUT2D eigenvalue weighted by Crippen LogP contribution is -2.61. The van der Waals surface area contributed by atoms with E-state index in [1.54, 1.807) is 0 Å². The molecule has 0 aromatic rings. The van der Waals surface area contributed by atoms with E-state index >= 15 is 0 Å². The molecule has 0 aromatic heterocycles. The SMILES string of the molecule is CNC(C)(C#N)CN1CC(C)(C)OC(C)(C)C1. The van der Waals surface area contributed by atoms with Crippen LogP contribution in [0.3, 0.4) is 0 Å². The Morgan fingerprint density at radius 3 is 2.12 bits per heavy atom. The standard InChI is InChI=1S/C13H25N3O/c1-11(2)8-16(9-12(3,4)17-11)10-13(5,7-14)15-6/h15H,8-10H2,1-6H3. The lowest BCUT2D eigenvalue weighted by atomic mass is 9.96. The molecule has 1 rings (SSSR count). The number of morpholine rings is 1. The molecule has 0 aromatic carbocycles. The quantitative estimate of drug-likeness (QED) is 0.808.